The maximum atomic E-state index is 13.3. The number of hydrogen-bond acceptors (Lipinski definition) is 4. The molecule has 22 heavy (non-hydrogen) atoms. The molecule has 1 aromatic rings. The van der Waals surface area contributed by atoms with Crippen molar-refractivity contribution in [3.63, 3.8) is 0 Å². The van der Waals surface area contributed by atoms with E-state index in [2.05, 4.69) is 14.5 Å². The van der Waals surface area contributed by atoms with Gasteiger partial charge in [-0.3, -0.25) is 4.89 Å². The summed E-state index contributed by atoms with van der Waals surface area (Å²) in [5, 5.41) is 0. The number of benzene rings is 1. The minimum atomic E-state index is -5.70. The van der Waals surface area contributed by atoms with Crippen LogP contribution in [0.15, 0.2) is 0 Å². The highest BCUT2D eigenvalue weighted by Crippen LogP contribution is 2.39. The smallest absolute Gasteiger partial charge is 0.386 e. The van der Waals surface area contributed by atoms with Crippen molar-refractivity contribution in [2.24, 2.45) is 0 Å². The lowest BCUT2D eigenvalue weighted by Gasteiger charge is -2.13. The first-order chi connectivity index (χ1) is 9.96. The Morgan fingerprint density at radius 3 is 1.77 bits per heavy atom. The second-order valence-electron chi connectivity index (χ2n) is 4.04. The molecule has 0 aromatic heterocycles. The van der Waals surface area contributed by atoms with Crippen molar-refractivity contribution >= 4 is 6.16 Å². The minimum absolute atomic E-state index is 0.691. The summed E-state index contributed by atoms with van der Waals surface area (Å²) in [6.45, 7) is 2.76. The SMILES string of the molecule is CC(C)OOC(=O)Oc1c(F)c(F)c(C(F)(F)F)c(F)c1F. The highest BCUT2D eigenvalue weighted by atomic mass is 19.4. The third kappa shape index (κ3) is 3.78. The van der Waals surface area contributed by atoms with Crippen LogP contribution in [-0.4, -0.2) is 12.3 Å². The Labute approximate surface area is 118 Å². The molecule has 124 valence electrons. The monoisotopic (exact) mass is 336 g/mol. The Balaban J connectivity index is 3.21. The second-order valence-corrected chi connectivity index (χ2v) is 4.04. The first kappa shape index (κ1) is 18.0. The molecule has 0 aliphatic carbocycles. The highest BCUT2D eigenvalue weighted by Gasteiger charge is 2.43. The van der Waals surface area contributed by atoms with Gasteiger partial charge in [-0.05, 0) is 13.8 Å². The Bertz CT molecular complexity index is 554. The van der Waals surface area contributed by atoms with E-state index in [0.29, 0.717) is 0 Å². The van der Waals surface area contributed by atoms with E-state index in [4.69, 9.17) is 0 Å². The molecule has 0 bridgehead atoms. The standard InChI is InChI=1S/C11H7F7O4/c1-3(2)21-22-10(19)20-9-7(14)5(12)4(11(16,17)18)6(13)8(9)15/h3H,1-2H3. The predicted octanol–water partition coefficient (Wildman–Crippen LogP) is 4.12. The van der Waals surface area contributed by atoms with Gasteiger partial charge in [-0.1, -0.05) is 0 Å². The quantitative estimate of drug-likeness (QED) is 0.208. The summed E-state index contributed by atoms with van der Waals surface area (Å²) in [5.41, 5.74) is -2.79. The fourth-order valence-electron chi connectivity index (χ4n) is 1.19. The molecule has 0 saturated carbocycles. The van der Waals surface area contributed by atoms with Crippen molar-refractivity contribution in [2.75, 3.05) is 0 Å². The molecule has 0 amide bonds. The summed E-state index contributed by atoms with van der Waals surface area (Å²) < 4.78 is 93.8. The summed E-state index contributed by atoms with van der Waals surface area (Å²) in [6, 6.07) is 0. The molecule has 0 aliphatic rings. The van der Waals surface area contributed by atoms with E-state index in [9.17, 15) is 35.5 Å². The van der Waals surface area contributed by atoms with Crippen LogP contribution in [0.3, 0.4) is 0 Å². The summed E-state index contributed by atoms with van der Waals surface area (Å²) in [7, 11) is 0. The predicted molar refractivity (Wildman–Crippen MR) is 54.6 cm³/mol. The van der Waals surface area contributed by atoms with Crippen molar-refractivity contribution in [2.45, 2.75) is 26.1 Å². The van der Waals surface area contributed by atoms with Crippen LogP contribution in [0.25, 0.3) is 0 Å². The van der Waals surface area contributed by atoms with Crippen molar-refractivity contribution in [3.8, 4) is 5.75 Å². The average molecular weight is 336 g/mol. The molecule has 0 fully saturated rings. The molecule has 0 spiro atoms. The molecule has 0 heterocycles. The zero-order valence-corrected chi connectivity index (χ0v) is 10.9. The van der Waals surface area contributed by atoms with Crippen molar-refractivity contribution in [1.29, 1.82) is 0 Å². The Morgan fingerprint density at radius 2 is 1.41 bits per heavy atom. The van der Waals surface area contributed by atoms with Crippen LogP contribution in [0.2, 0.25) is 0 Å². The van der Waals surface area contributed by atoms with Gasteiger partial charge in [0.25, 0.3) is 0 Å². The topological polar surface area (TPSA) is 44.8 Å². The lowest BCUT2D eigenvalue weighted by molar-refractivity contribution is -0.273. The van der Waals surface area contributed by atoms with Crippen LogP contribution in [0, 0.1) is 23.3 Å². The summed E-state index contributed by atoms with van der Waals surface area (Å²) in [5.74, 6) is -12.7. The number of carbonyl (C=O) groups is 1. The van der Waals surface area contributed by atoms with E-state index in [-0.39, 0.29) is 0 Å². The fourth-order valence-corrected chi connectivity index (χ4v) is 1.19. The third-order valence-electron chi connectivity index (χ3n) is 2.00. The molecule has 1 aromatic carbocycles. The third-order valence-corrected chi connectivity index (χ3v) is 2.00. The van der Waals surface area contributed by atoms with Gasteiger partial charge in [0, 0.05) is 0 Å². The van der Waals surface area contributed by atoms with Gasteiger partial charge in [-0.2, -0.15) is 26.8 Å². The molecule has 0 radical (unpaired) electrons. The van der Waals surface area contributed by atoms with Gasteiger partial charge in [0.2, 0.25) is 17.4 Å². The molecule has 0 atom stereocenters. The van der Waals surface area contributed by atoms with E-state index in [1.807, 2.05) is 0 Å². The molecule has 4 nitrogen and oxygen atoms in total. The van der Waals surface area contributed by atoms with E-state index in [1.165, 1.54) is 13.8 Å². The maximum absolute atomic E-state index is 13.3. The molecular formula is C11H7F7O4. The van der Waals surface area contributed by atoms with E-state index in [1.54, 1.807) is 0 Å². The van der Waals surface area contributed by atoms with Crippen molar-refractivity contribution in [3.05, 3.63) is 28.8 Å². The number of rotatable bonds is 3. The first-order valence-corrected chi connectivity index (χ1v) is 5.45. The van der Waals surface area contributed by atoms with Crippen LogP contribution in [0.5, 0.6) is 5.75 Å². The van der Waals surface area contributed by atoms with Gasteiger partial charge in [0.05, 0.1) is 6.10 Å². The van der Waals surface area contributed by atoms with Crippen molar-refractivity contribution < 1.29 is 50.0 Å². The number of carbonyl (C=O) groups excluding carboxylic acids is 1. The number of hydrogen-bond donors (Lipinski definition) is 0. The van der Waals surface area contributed by atoms with Gasteiger partial charge in [-0.15, -0.1) is 0 Å². The first-order valence-electron chi connectivity index (χ1n) is 5.45. The molecule has 0 unspecified atom stereocenters. The van der Waals surface area contributed by atoms with Crippen LogP contribution in [0.4, 0.5) is 35.5 Å². The Morgan fingerprint density at radius 1 is 0.955 bits per heavy atom. The molecule has 1 rings (SSSR count). The van der Waals surface area contributed by atoms with Crippen LogP contribution < -0.4 is 4.74 Å². The molecule has 0 saturated heterocycles. The van der Waals surface area contributed by atoms with Crippen LogP contribution in [-0.2, 0) is 16.0 Å². The van der Waals surface area contributed by atoms with Gasteiger partial charge >= 0.3 is 12.3 Å². The lowest BCUT2D eigenvalue weighted by atomic mass is 10.1. The Hall–Kier alpha value is -2.04. The summed E-state index contributed by atoms with van der Waals surface area (Å²) in [4.78, 5) is 19.0. The number of ether oxygens (including phenoxy) is 1. The Kier molecular flexibility index (Phi) is 5.22. The normalized spacial score (nSPS) is 11.7. The van der Waals surface area contributed by atoms with Gasteiger partial charge in [0.1, 0.15) is 5.56 Å². The van der Waals surface area contributed by atoms with Crippen LogP contribution in [0.1, 0.15) is 19.4 Å². The maximum Gasteiger partial charge on any atom is 0.546 e. The molecule has 0 N–H and O–H groups in total. The summed E-state index contributed by atoms with van der Waals surface area (Å²) >= 11 is 0. The van der Waals surface area contributed by atoms with E-state index >= 15 is 0 Å². The lowest BCUT2D eigenvalue weighted by Crippen LogP contribution is -2.19. The second kappa shape index (κ2) is 6.38. The van der Waals surface area contributed by atoms with E-state index < -0.39 is 53.0 Å². The average Bonchev–Trinajstić information content (AvgIpc) is 2.37. The zero-order chi connectivity index (χ0) is 17.2. The molecule has 0 aliphatic heterocycles. The number of halogens is 7. The largest absolute Gasteiger partial charge is 0.546 e. The van der Waals surface area contributed by atoms with Gasteiger partial charge < -0.3 is 4.74 Å². The van der Waals surface area contributed by atoms with E-state index in [0.717, 1.165) is 0 Å². The summed E-state index contributed by atoms with van der Waals surface area (Å²) in [6.07, 6.45) is -8.33. The zero-order valence-electron chi connectivity index (χ0n) is 10.9. The van der Waals surface area contributed by atoms with Gasteiger partial charge in [-0.25, -0.2) is 13.6 Å². The fraction of sp³-hybridized carbons (Fsp3) is 0.364. The van der Waals surface area contributed by atoms with Gasteiger partial charge in [0.15, 0.2) is 11.6 Å². The number of alkyl halides is 3. The minimum Gasteiger partial charge on any atom is -0.386 e. The molecular weight excluding hydrogens is 329 g/mol. The highest BCUT2D eigenvalue weighted by molar-refractivity contribution is 5.63. The van der Waals surface area contributed by atoms with Crippen molar-refractivity contribution in [1.82, 2.24) is 0 Å². The molecule has 11 heteroatoms. The van der Waals surface area contributed by atoms with Crippen LogP contribution >= 0.6 is 0 Å².